The molecule has 15 heavy (non-hydrogen) atoms. The number of halogens is 1. The number of nitrogens with zero attached hydrogens (tertiary/aromatic N) is 1. The van der Waals surface area contributed by atoms with Gasteiger partial charge in [-0.1, -0.05) is 6.07 Å². The summed E-state index contributed by atoms with van der Waals surface area (Å²) >= 11 is 0. The lowest BCUT2D eigenvalue weighted by molar-refractivity contribution is 0.603. The highest BCUT2D eigenvalue weighted by Crippen LogP contribution is 2.26. The summed E-state index contributed by atoms with van der Waals surface area (Å²) < 4.78 is 13.1. The fourth-order valence-electron chi connectivity index (χ4n) is 2.09. The van der Waals surface area contributed by atoms with Gasteiger partial charge in [-0.15, -0.1) is 0 Å². The fraction of sp³-hybridized carbons (Fsp3) is 0.417. The highest BCUT2D eigenvalue weighted by Gasteiger charge is 2.19. The number of nitriles is 1. The van der Waals surface area contributed by atoms with Gasteiger partial charge in [-0.2, -0.15) is 5.26 Å². The summed E-state index contributed by atoms with van der Waals surface area (Å²) in [4.78, 5) is 0. The summed E-state index contributed by atoms with van der Waals surface area (Å²) in [7, 11) is 0. The Bertz CT molecular complexity index is 389. The van der Waals surface area contributed by atoms with Gasteiger partial charge in [0.2, 0.25) is 0 Å². The smallest absolute Gasteiger partial charge is 0.123 e. The first-order valence-electron chi connectivity index (χ1n) is 5.20. The van der Waals surface area contributed by atoms with E-state index in [1.807, 2.05) is 0 Å². The first kappa shape index (κ1) is 10.1. The molecule has 0 saturated carbocycles. The molecule has 2 rings (SSSR count). The quantitative estimate of drug-likeness (QED) is 0.802. The molecule has 0 amide bonds. The van der Waals surface area contributed by atoms with Crippen molar-refractivity contribution >= 4 is 0 Å². The topological polar surface area (TPSA) is 35.8 Å². The predicted octanol–water partition coefficient (Wildman–Crippen LogP) is 2.32. The van der Waals surface area contributed by atoms with Gasteiger partial charge < -0.3 is 5.32 Å². The Kier molecular flexibility index (Phi) is 2.98. The Labute approximate surface area is 88.7 Å². The molecule has 3 heteroatoms. The van der Waals surface area contributed by atoms with Crippen molar-refractivity contribution in [3.63, 3.8) is 0 Å². The van der Waals surface area contributed by atoms with E-state index in [4.69, 9.17) is 5.26 Å². The third-order valence-corrected chi connectivity index (χ3v) is 2.81. The Balaban J connectivity index is 2.33. The molecule has 1 aliphatic rings. The van der Waals surface area contributed by atoms with E-state index >= 15 is 0 Å². The van der Waals surface area contributed by atoms with Crippen molar-refractivity contribution in [1.29, 1.82) is 5.26 Å². The summed E-state index contributed by atoms with van der Waals surface area (Å²) in [5.41, 5.74) is 1.90. The summed E-state index contributed by atoms with van der Waals surface area (Å²) in [6.45, 7) is 0.979. The van der Waals surface area contributed by atoms with Gasteiger partial charge in [0.25, 0.3) is 0 Å². The molecular formula is C12H13FN2. The van der Waals surface area contributed by atoms with Crippen molar-refractivity contribution in [3.05, 3.63) is 35.1 Å². The minimum Gasteiger partial charge on any atom is -0.310 e. The Morgan fingerprint density at radius 2 is 2.40 bits per heavy atom. The van der Waals surface area contributed by atoms with Crippen molar-refractivity contribution in [2.45, 2.75) is 25.3 Å². The number of hydrogen-bond donors (Lipinski definition) is 1. The van der Waals surface area contributed by atoms with Crippen LogP contribution in [0.3, 0.4) is 0 Å². The monoisotopic (exact) mass is 204 g/mol. The van der Waals surface area contributed by atoms with E-state index in [2.05, 4.69) is 11.4 Å². The lowest BCUT2D eigenvalue weighted by atomic mass is 9.97. The second-order valence-electron chi connectivity index (χ2n) is 3.83. The van der Waals surface area contributed by atoms with Gasteiger partial charge in [0.15, 0.2) is 0 Å². The van der Waals surface area contributed by atoms with Crippen molar-refractivity contribution < 1.29 is 4.39 Å². The zero-order chi connectivity index (χ0) is 10.7. The van der Waals surface area contributed by atoms with Gasteiger partial charge in [0.1, 0.15) is 5.82 Å². The highest BCUT2D eigenvalue weighted by molar-refractivity contribution is 5.33. The number of rotatable bonds is 2. The van der Waals surface area contributed by atoms with Crippen LogP contribution in [0.5, 0.6) is 0 Å². The molecule has 1 aromatic rings. The first-order chi connectivity index (χ1) is 7.31. The van der Waals surface area contributed by atoms with Gasteiger partial charge in [-0.05, 0) is 42.6 Å². The van der Waals surface area contributed by atoms with Crippen LogP contribution in [0, 0.1) is 17.1 Å². The van der Waals surface area contributed by atoms with Crippen LogP contribution in [0.2, 0.25) is 0 Å². The summed E-state index contributed by atoms with van der Waals surface area (Å²) in [6, 6.07) is 7.03. The number of nitrogens with one attached hydrogen (secondary N) is 1. The largest absolute Gasteiger partial charge is 0.310 e. The van der Waals surface area contributed by atoms with E-state index in [0.29, 0.717) is 6.42 Å². The molecule has 0 spiro atoms. The van der Waals surface area contributed by atoms with Crippen LogP contribution in [-0.4, -0.2) is 6.54 Å². The molecule has 1 N–H and O–H groups in total. The van der Waals surface area contributed by atoms with Crippen LogP contribution >= 0.6 is 0 Å². The number of benzene rings is 1. The maximum Gasteiger partial charge on any atom is 0.123 e. The maximum atomic E-state index is 13.1. The van der Waals surface area contributed by atoms with E-state index < -0.39 is 0 Å². The zero-order valence-corrected chi connectivity index (χ0v) is 8.46. The maximum absolute atomic E-state index is 13.1. The van der Waals surface area contributed by atoms with Gasteiger partial charge in [0, 0.05) is 6.04 Å². The van der Waals surface area contributed by atoms with Crippen molar-refractivity contribution in [1.82, 2.24) is 5.32 Å². The van der Waals surface area contributed by atoms with Gasteiger partial charge in [0.05, 0.1) is 12.5 Å². The molecule has 1 aliphatic heterocycles. The van der Waals surface area contributed by atoms with E-state index in [0.717, 1.165) is 30.5 Å². The normalized spacial score (nSPS) is 20.1. The second-order valence-corrected chi connectivity index (χ2v) is 3.83. The summed E-state index contributed by atoms with van der Waals surface area (Å²) in [6.07, 6.45) is 2.50. The second kappa shape index (κ2) is 4.41. The summed E-state index contributed by atoms with van der Waals surface area (Å²) in [5, 5.41) is 12.0. The highest BCUT2D eigenvalue weighted by atomic mass is 19.1. The lowest BCUT2D eigenvalue weighted by Crippen LogP contribution is -2.14. The van der Waals surface area contributed by atoms with Gasteiger partial charge in [-0.3, -0.25) is 0 Å². The van der Waals surface area contributed by atoms with Gasteiger partial charge >= 0.3 is 0 Å². The van der Waals surface area contributed by atoms with Crippen LogP contribution in [-0.2, 0) is 6.42 Å². The molecule has 1 aromatic carbocycles. The minimum atomic E-state index is -0.222. The molecule has 1 heterocycles. The van der Waals surface area contributed by atoms with Crippen molar-refractivity contribution in [2.75, 3.05) is 6.54 Å². The molecule has 2 nitrogen and oxygen atoms in total. The molecule has 0 bridgehead atoms. The van der Waals surface area contributed by atoms with E-state index in [9.17, 15) is 4.39 Å². The molecule has 0 unspecified atom stereocenters. The zero-order valence-electron chi connectivity index (χ0n) is 8.46. The molecule has 1 fully saturated rings. The Morgan fingerprint density at radius 1 is 1.53 bits per heavy atom. The van der Waals surface area contributed by atoms with Crippen LogP contribution in [0.15, 0.2) is 18.2 Å². The fourth-order valence-corrected chi connectivity index (χ4v) is 2.09. The molecule has 0 aliphatic carbocycles. The first-order valence-corrected chi connectivity index (χ1v) is 5.20. The Hall–Kier alpha value is -1.40. The van der Waals surface area contributed by atoms with Crippen LogP contribution in [0.25, 0.3) is 0 Å². The van der Waals surface area contributed by atoms with Crippen LogP contribution < -0.4 is 5.32 Å². The van der Waals surface area contributed by atoms with Gasteiger partial charge in [-0.25, -0.2) is 4.39 Å². The number of hydrogen-bond acceptors (Lipinski definition) is 2. The average molecular weight is 204 g/mol. The van der Waals surface area contributed by atoms with Crippen molar-refractivity contribution in [3.8, 4) is 6.07 Å². The van der Waals surface area contributed by atoms with E-state index in [1.54, 1.807) is 12.1 Å². The van der Waals surface area contributed by atoms with Crippen LogP contribution in [0.1, 0.15) is 30.0 Å². The molecule has 1 atom stereocenters. The van der Waals surface area contributed by atoms with Crippen molar-refractivity contribution in [2.24, 2.45) is 0 Å². The molecule has 1 saturated heterocycles. The molecule has 0 aromatic heterocycles. The standard InChI is InChI=1S/C12H13FN2/c13-10-4-3-9(5-6-14)11(8-10)12-2-1-7-15-12/h3-4,8,12,15H,1-2,5,7H2/t12-/m1/s1. The molecule has 0 radical (unpaired) electrons. The SMILES string of the molecule is N#CCc1ccc(F)cc1[C@H]1CCCN1. The lowest BCUT2D eigenvalue weighted by Gasteiger charge is -2.14. The van der Waals surface area contributed by atoms with Crippen LogP contribution in [0.4, 0.5) is 4.39 Å². The third kappa shape index (κ3) is 2.16. The molecular weight excluding hydrogens is 191 g/mol. The minimum absolute atomic E-state index is 0.222. The van der Waals surface area contributed by atoms with E-state index in [1.165, 1.54) is 6.07 Å². The third-order valence-electron chi connectivity index (χ3n) is 2.81. The molecule has 78 valence electrons. The Morgan fingerprint density at radius 3 is 3.07 bits per heavy atom. The average Bonchev–Trinajstić information content (AvgIpc) is 2.74. The summed E-state index contributed by atoms with van der Waals surface area (Å²) in [5.74, 6) is -0.222. The predicted molar refractivity (Wildman–Crippen MR) is 55.7 cm³/mol. The van der Waals surface area contributed by atoms with E-state index in [-0.39, 0.29) is 11.9 Å².